The average Bonchev–Trinajstić information content (AvgIpc) is 2.90. The lowest BCUT2D eigenvalue weighted by Gasteiger charge is -2.29. The summed E-state index contributed by atoms with van der Waals surface area (Å²) in [6, 6.07) is 1.05. The van der Waals surface area contributed by atoms with E-state index in [1.807, 2.05) is 0 Å². The molecular formula is C13H23N3O. The molecule has 4 unspecified atom stereocenters. The fourth-order valence-electron chi connectivity index (χ4n) is 3.41. The third kappa shape index (κ3) is 2.08. The molecule has 0 radical (unpaired) electrons. The molecule has 17 heavy (non-hydrogen) atoms. The Hall–Kier alpha value is -0.610. The summed E-state index contributed by atoms with van der Waals surface area (Å²) in [5.74, 6) is 1.72. The zero-order valence-electron chi connectivity index (χ0n) is 10.8. The Balaban J connectivity index is 1.61. The molecule has 3 aliphatic rings. The summed E-state index contributed by atoms with van der Waals surface area (Å²) in [7, 11) is 0. The normalized spacial score (nSPS) is 39.1. The van der Waals surface area contributed by atoms with E-state index in [-0.39, 0.29) is 11.9 Å². The predicted octanol–water partition coefficient (Wildman–Crippen LogP) is 0.193. The van der Waals surface area contributed by atoms with Gasteiger partial charge in [-0.3, -0.25) is 9.69 Å². The summed E-state index contributed by atoms with van der Waals surface area (Å²) >= 11 is 0. The molecular weight excluding hydrogens is 214 g/mol. The smallest absolute Gasteiger partial charge is 0.237 e. The lowest BCUT2D eigenvalue weighted by atomic mass is 9.95. The molecule has 2 saturated heterocycles. The number of rotatable bonds is 3. The molecule has 4 heteroatoms. The fourth-order valence-corrected chi connectivity index (χ4v) is 3.41. The van der Waals surface area contributed by atoms with E-state index in [9.17, 15) is 4.79 Å². The molecule has 0 bridgehead atoms. The van der Waals surface area contributed by atoms with Crippen molar-refractivity contribution in [3.8, 4) is 0 Å². The van der Waals surface area contributed by atoms with Crippen LogP contribution in [0.5, 0.6) is 0 Å². The molecule has 0 spiro atoms. The molecule has 1 amide bonds. The lowest BCUT2D eigenvalue weighted by molar-refractivity contribution is -0.126. The number of nitrogens with zero attached hydrogens (tertiary/aromatic N) is 1. The highest BCUT2D eigenvalue weighted by Crippen LogP contribution is 2.33. The minimum absolute atomic E-state index is 0.0381. The molecule has 0 aromatic carbocycles. The number of nitrogens with one attached hydrogen (secondary N) is 2. The number of carbonyl (C=O) groups is 1. The molecule has 4 atom stereocenters. The van der Waals surface area contributed by atoms with E-state index in [1.54, 1.807) is 0 Å². The molecule has 0 aromatic heterocycles. The Kier molecular flexibility index (Phi) is 2.87. The molecule has 1 aliphatic carbocycles. The van der Waals surface area contributed by atoms with E-state index in [1.165, 1.54) is 12.8 Å². The van der Waals surface area contributed by atoms with Crippen molar-refractivity contribution in [1.82, 2.24) is 15.5 Å². The Morgan fingerprint density at radius 2 is 2.18 bits per heavy atom. The van der Waals surface area contributed by atoms with Gasteiger partial charge in [0.2, 0.25) is 5.91 Å². The molecule has 1 saturated carbocycles. The average molecular weight is 237 g/mol. The van der Waals surface area contributed by atoms with Crippen LogP contribution < -0.4 is 10.6 Å². The number of carbonyl (C=O) groups excluding carboxylic acids is 1. The molecule has 2 heterocycles. The van der Waals surface area contributed by atoms with Gasteiger partial charge in [-0.1, -0.05) is 0 Å². The van der Waals surface area contributed by atoms with Crippen molar-refractivity contribution in [2.24, 2.45) is 11.8 Å². The van der Waals surface area contributed by atoms with E-state index in [0.29, 0.717) is 12.1 Å². The second-order valence-electron chi connectivity index (χ2n) is 5.98. The Labute approximate surface area is 103 Å². The highest BCUT2D eigenvalue weighted by molar-refractivity contribution is 5.82. The summed E-state index contributed by atoms with van der Waals surface area (Å²) < 4.78 is 0. The first-order chi connectivity index (χ1) is 8.16. The molecule has 2 N–H and O–H groups in total. The van der Waals surface area contributed by atoms with Crippen LogP contribution in [0.3, 0.4) is 0 Å². The first kappa shape index (κ1) is 11.5. The summed E-state index contributed by atoms with van der Waals surface area (Å²) in [5, 5.41) is 6.58. The van der Waals surface area contributed by atoms with Crippen LogP contribution in [0.2, 0.25) is 0 Å². The van der Waals surface area contributed by atoms with Crippen molar-refractivity contribution in [3.05, 3.63) is 0 Å². The van der Waals surface area contributed by atoms with Crippen molar-refractivity contribution >= 4 is 5.91 Å². The van der Waals surface area contributed by atoms with Gasteiger partial charge in [0.1, 0.15) is 0 Å². The number of hydrogen-bond donors (Lipinski definition) is 2. The van der Waals surface area contributed by atoms with Crippen LogP contribution >= 0.6 is 0 Å². The van der Waals surface area contributed by atoms with E-state index in [2.05, 4.69) is 29.4 Å². The van der Waals surface area contributed by atoms with Crippen LogP contribution in [0.25, 0.3) is 0 Å². The predicted molar refractivity (Wildman–Crippen MR) is 66.6 cm³/mol. The second kappa shape index (κ2) is 4.25. The number of hydrogen-bond acceptors (Lipinski definition) is 3. The van der Waals surface area contributed by atoms with Crippen molar-refractivity contribution in [2.75, 3.05) is 19.6 Å². The van der Waals surface area contributed by atoms with Gasteiger partial charge in [0, 0.05) is 18.6 Å². The Morgan fingerprint density at radius 1 is 1.41 bits per heavy atom. The quantitative estimate of drug-likeness (QED) is 0.737. The maximum Gasteiger partial charge on any atom is 0.237 e. The number of amides is 1. The standard InChI is InChI=1S/C13H23N3O/c1-8-12-6-14-5-10(12)7-16(8)9(2)13(17)15-11-3-4-11/h8-12,14H,3-7H2,1-2H3,(H,15,17). The van der Waals surface area contributed by atoms with Crippen LogP contribution in [0.4, 0.5) is 0 Å². The van der Waals surface area contributed by atoms with Crippen LogP contribution in [0.1, 0.15) is 26.7 Å². The molecule has 4 nitrogen and oxygen atoms in total. The van der Waals surface area contributed by atoms with E-state index >= 15 is 0 Å². The van der Waals surface area contributed by atoms with E-state index in [0.717, 1.165) is 31.5 Å². The van der Waals surface area contributed by atoms with Crippen molar-refractivity contribution < 1.29 is 4.79 Å². The van der Waals surface area contributed by atoms with Gasteiger partial charge in [-0.25, -0.2) is 0 Å². The van der Waals surface area contributed by atoms with Gasteiger partial charge < -0.3 is 10.6 Å². The summed E-state index contributed by atoms with van der Waals surface area (Å²) in [4.78, 5) is 14.5. The Bertz CT molecular complexity index is 316. The number of fused-ring (bicyclic) bond motifs is 1. The largest absolute Gasteiger partial charge is 0.352 e. The van der Waals surface area contributed by atoms with Gasteiger partial charge in [-0.15, -0.1) is 0 Å². The van der Waals surface area contributed by atoms with Gasteiger partial charge in [0.25, 0.3) is 0 Å². The van der Waals surface area contributed by atoms with Crippen molar-refractivity contribution in [3.63, 3.8) is 0 Å². The Morgan fingerprint density at radius 3 is 2.82 bits per heavy atom. The SMILES string of the molecule is CC(C(=O)NC1CC1)N1CC2CNCC2C1C. The summed E-state index contributed by atoms with van der Waals surface area (Å²) in [5.41, 5.74) is 0. The number of likely N-dealkylation sites (tertiary alicyclic amines) is 1. The van der Waals surface area contributed by atoms with Gasteiger partial charge in [-0.2, -0.15) is 0 Å². The second-order valence-corrected chi connectivity index (χ2v) is 5.98. The highest BCUT2D eigenvalue weighted by atomic mass is 16.2. The third-order valence-corrected chi connectivity index (χ3v) is 4.78. The first-order valence-corrected chi connectivity index (χ1v) is 6.93. The first-order valence-electron chi connectivity index (χ1n) is 6.93. The fraction of sp³-hybridized carbons (Fsp3) is 0.923. The zero-order chi connectivity index (χ0) is 12.0. The molecule has 2 aliphatic heterocycles. The lowest BCUT2D eigenvalue weighted by Crippen LogP contribution is -2.48. The van der Waals surface area contributed by atoms with E-state index in [4.69, 9.17) is 0 Å². The molecule has 3 fully saturated rings. The summed E-state index contributed by atoms with van der Waals surface area (Å²) in [6.45, 7) is 7.67. The van der Waals surface area contributed by atoms with Crippen LogP contribution in [0.15, 0.2) is 0 Å². The molecule has 0 aromatic rings. The van der Waals surface area contributed by atoms with Gasteiger partial charge >= 0.3 is 0 Å². The van der Waals surface area contributed by atoms with Crippen LogP contribution in [-0.4, -0.2) is 48.6 Å². The minimum Gasteiger partial charge on any atom is -0.352 e. The molecule has 3 rings (SSSR count). The topological polar surface area (TPSA) is 44.4 Å². The maximum absolute atomic E-state index is 12.1. The van der Waals surface area contributed by atoms with Crippen molar-refractivity contribution in [2.45, 2.75) is 44.8 Å². The van der Waals surface area contributed by atoms with Crippen molar-refractivity contribution in [1.29, 1.82) is 0 Å². The third-order valence-electron chi connectivity index (χ3n) is 4.78. The van der Waals surface area contributed by atoms with Crippen LogP contribution in [0, 0.1) is 11.8 Å². The van der Waals surface area contributed by atoms with Gasteiger partial charge in [0.05, 0.1) is 6.04 Å². The van der Waals surface area contributed by atoms with Gasteiger partial charge in [-0.05, 0) is 51.6 Å². The monoisotopic (exact) mass is 237 g/mol. The van der Waals surface area contributed by atoms with Gasteiger partial charge in [0.15, 0.2) is 0 Å². The minimum atomic E-state index is 0.0381. The van der Waals surface area contributed by atoms with E-state index < -0.39 is 0 Å². The maximum atomic E-state index is 12.1. The highest BCUT2D eigenvalue weighted by Gasteiger charge is 2.44. The molecule has 96 valence electrons. The zero-order valence-corrected chi connectivity index (χ0v) is 10.8. The summed E-state index contributed by atoms with van der Waals surface area (Å²) in [6.07, 6.45) is 2.34. The van der Waals surface area contributed by atoms with Crippen LogP contribution in [-0.2, 0) is 4.79 Å².